The van der Waals surface area contributed by atoms with E-state index in [1.54, 1.807) is 70.8 Å². The minimum atomic E-state index is -0.242. The van der Waals surface area contributed by atoms with Crippen LogP contribution >= 0.6 is 11.3 Å². The highest BCUT2D eigenvalue weighted by molar-refractivity contribution is 7.12. The fraction of sp³-hybridized carbons (Fsp3) is 0.119. The van der Waals surface area contributed by atoms with Gasteiger partial charge in [-0.05, 0) is 66.1 Å². The van der Waals surface area contributed by atoms with Crippen LogP contribution in [0.25, 0.3) is 22.4 Å². The van der Waals surface area contributed by atoms with E-state index in [0.717, 1.165) is 38.0 Å². The maximum atomic E-state index is 14.0. The van der Waals surface area contributed by atoms with Gasteiger partial charge in [-0.15, -0.1) is 11.3 Å². The van der Waals surface area contributed by atoms with Gasteiger partial charge in [0.1, 0.15) is 0 Å². The fourth-order valence-electron chi connectivity index (χ4n) is 6.77. The Morgan fingerprint density at radius 2 is 1.33 bits per heavy atom. The second-order valence-electron chi connectivity index (χ2n) is 12.5. The molecule has 51 heavy (non-hydrogen) atoms. The number of nitrogens with one attached hydrogen (secondary N) is 1. The molecular weight excluding hydrogens is 657 g/mol. The zero-order valence-corrected chi connectivity index (χ0v) is 28.4. The Hall–Kier alpha value is -6.19. The van der Waals surface area contributed by atoms with Crippen molar-refractivity contribution in [2.24, 2.45) is 0 Å². The molecule has 5 aromatic carbocycles. The molecule has 0 fully saturated rings. The van der Waals surface area contributed by atoms with E-state index in [1.807, 2.05) is 72.8 Å². The molecule has 0 unspecified atom stereocenters. The van der Waals surface area contributed by atoms with Crippen molar-refractivity contribution >= 4 is 46.3 Å². The minimum absolute atomic E-state index is 0.133. The summed E-state index contributed by atoms with van der Waals surface area (Å²) in [6.45, 7) is 0.813. The molecule has 1 aromatic heterocycles. The molecule has 9 heteroatoms. The molecule has 0 spiro atoms. The maximum Gasteiger partial charge on any atom is 0.261 e. The summed E-state index contributed by atoms with van der Waals surface area (Å²) in [4.78, 5) is 62.1. The number of amides is 4. The van der Waals surface area contributed by atoms with Gasteiger partial charge in [-0.1, -0.05) is 78.9 Å². The lowest BCUT2D eigenvalue weighted by Gasteiger charge is -2.23. The molecule has 250 valence electrons. The number of carbonyl (C=O) groups is 4. The summed E-state index contributed by atoms with van der Waals surface area (Å²) in [5, 5.41) is 3.93. The number of para-hydroxylation sites is 1. The van der Waals surface area contributed by atoms with Gasteiger partial charge in [-0.25, -0.2) is 4.98 Å². The number of nitrogens with zero attached hydrogens (tertiary/aromatic N) is 3. The van der Waals surface area contributed by atoms with Crippen LogP contribution in [0.5, 0.6) is 0 Å². The van der Waals surface area contributed by atoms with Crippen molar-refractivity contribution < 1.29 is 19.2 Å². The number of hydrogen-bond donors (Lipinski definition) is 1. The molecule has 4 amide bonds. The number of aryl methyl sites for hydroxylation is 1. The predicted molar refractivity (Wildman–Crippen MR) is 199 cm³/mol. The van der Waals surface area contributed by atoms with E-state index in [2.05, 4.69) is 5.32 Å². The number of anilines is 2. The van der Waals surface area contributed by atoms with Crippen LogP contribution < -0.4 is 10.2 Å². The van der Waals surface area contributed by atoms with Crippen LogP contribution in [0.3, 0.4) is 0 Å². The van der Waals surface area contributed by atoms with Crippen molar-refractivity contribution in [3.05, 3.63) is 160 Å². The molecule has 2 aliphatic rings. The smallest absolute Gasteiger partial charge is 0.261 e. The minimum Gasteiger partial charge on any atom is -0.322 e. The summed E-state index contributed by atoms with van der Waals surface area (Å²) in [6.07, 6.45) is 1.89. The van der Waals surface area contributed by atoms with E-state index in [1.165, 1.54) is 4.90 Å². The first-order valence-electron chi connectivity index (χ1n) is 16.9. The van der Waals surface area contributed by atoms with Crippen LogP contribution in [0.15, 0.2) is 127 Å². The maximum absolute atomic E-state index is 14.0. The number of rotatable bonds is 8. The lowest BCUT2D eigenvalue weighted by molar-refractivity contribution is 0.0652. The summed E-state index contributed by atoms with van der Waals surface area (Å²) < 4.78 is 0. The standard InChI is InChI=1S/C42H32N4O4S/c47-39(31-14-5-4-13-30(31)27-11-2-1-3-12-27)43-29-22-20-28(21-23-29)40(48)45-26-24-36-38(34-17-8-9-18-35(34)45)44-37(51-36)19-10-25-46-41(49)32-15-6-7-16-33(32)42(46)50/h1-9,11-18,20-23H,10,19,24-26H2,(H,43,47). The zero-order chi connectivity index (χ0) is 34.9. The average molecular weight is 689 g/mol. The van der Waals surface area contributed by atoms with Crippen LogP contribution in [0, 0.1) is 0 Å². The van der Waals surface area contributed by atoms with Crippen LogP contribution in [0.2, 0.25) is 0 Å². The van der Waals surface area contributed by atoms with Gasteiger partial charge in [0.05, 0.1) is 27.5 Å². The van der Waals surface area contributed by atoms with Gasteiger partial charge in [0, 0.05) is 53.2 Å². The summed E-state index contributed by atoms with van der Waals surface area (Å²) in [6, 6.07) is 39.0. The Labute approximate surface area is 299 Å². The first-order chi connectivity index (χ1) is 25.0. The highest BCUT2D eigenvalue weighted by atomic mass is 32.1. The molecule has 0 atom stereocenters. The zero-order valence-electron chi connectivity index (χ0n) is 27.5. The molecular formula is C42H32N4O4S. The van der Waals surface area contributed by atoms with Crippen LogP contribution in [0.1, 0.15) is 57.7 Å². The normalized spacial score (nSPS) is 13.3. The molecule has 6 aromatic rings. The molecule has 8 nitrogen and oxygen atoms in total. The Balaban J connectivity index is 0.950. The highest BCUT2D eigenvalue weighted by Gasteiger charge is 2.34. The van der Waals surface area contributed by atoms with Gasteiger partial charge in [-0.2, -0.15) is 0 Å². The van der Waals surface area contributed by atoms with Crippen LogP contribution in [0.4, 0.5) is 11.4 Å². The van der Waals surface area contributed by atoms with Gasteiger partial charge < -0.3 is 10.2 Å². The largest absolute Gasteiger partial charge is 0.322 e. The van der Waals surface area contributed by atoms with E-state index in [9.17, 15) is 19.2 Å². The Morgan fingerprint density at radius 1 is 0.706 bits per heavy atom. The topological polar surface area (TPSA) is 99.7 Å². The van der Waals surface area contributed by atoms with Crippen molar-refractivity contribution in [3.8, 4) is 22.4 Å². The molecule has 8 rings (SSSR count). The molecule has 0 saturated heterocycles. The number of hydrogen-bond acceptors (Lipinski definition) is 6. The van der Waals surface area contributed by atoms with Gasteiger partial charge >= 0.3 is 0 Å². The number of aromatic nitrogens is 1. The van der Waals surface area contributed by atoms with E-state index in [0.29, 0.717) is 60.3 Å². The Bertz CT molecular complexity index is 2280. The number of thiazole rings is 1. The van der Waals surface area contributed by atoms with Gasteiger partial charge in [0.15, 0.2) is 0 Å². The summed E-state index contributed by atoms with van der Waals surface area (Å²) >= 11 is 1.62. The lowest BCUT2D eigenvalue weighted by Crippen LogP contribution is -2.32. The summed E-state index contributed by atoms with van der Waals surface area (Å²) in [5.74, 6) is -0.843. The van der Waals surface area contributed by atoms with Crippen LogP contribution in [-0.2, 0) is 12.8 Å². The highest BCUT2D eigenvalue weighted by Crippen LogP contribution is 2.39. The van der Waals surface area contributed by atoms with Crippen molar-refractivity contribution in [2.75, 3.05) is 23.3 Å². The van der Waals surface area contributed by atoms with Crippen molar-refractivity contribution in [1.82, 2.24) is 9.88 Å². The molecule has 3 heterocycles. The van der Waals surface area contributed by atoms with E-state index >= 15 is 0 Å². The molecule has 0 radical (unpaired) electrons. The second kappa shape index (κ2) is 13.6. The van der Waals surface area contributed by atoms with Crippen LogP contribution in [-0.4, -0.2) is 46.6 Å². The van der Waals surface area contributed by atoms with E-state index < -0.39 is 0 Å². The first kappa shape index (κ1) is 32.0. The Kier molecular flexibility index (Phi) is 8.55. The van der Waals surface area contributed by atoms with Crippen molar-refractivity contribution in [3.63, 3.8) is 0 Å². The molecule has 0 aliphatic carbocycles. The third kappa shape index (κ3) is 6.13. The molecule has 1 N–H and O–H groups in total. The molecule has 0 saturated carbocycles. The van der Waals surface area contributed by atoms with Gasteiger partial charge in [-0.3, -0.25) is 24.1 Å². The lowest BCUT2D eigenvalue weighted by atomic mass is 9.99. The monoisotopic (exact) mass is 688 g/mol. The number of imide groups is 1. The first-order valence-corrected chi connectivity index (χ1v) is 17.7. The predicted octanol–water partition coefficient (Wildman–Crippen LogP) is 8.16. The van der Waals surface area contributed by atoms with E-state index in [-0.39, 0.29) is 23.6 Å². The second-order valence-corrected chi connectivity index (χ2v) is 13.6. The van der Waals surface area contributed by atoms with Gasteiger partial charge in [0.2, 0.25) is 0 Å². The quantitative estimate of drug-likeness (QED) is 0.163. The van der Waals surface area contributed by atoms with Crippen molar-refractivity contribution in [1.29, 1.82) is 0 Å². The summed E-state index contributed by atoms with van der Waals surface area (Å²) in [7, 11) is 0. The number of carbonyl (C=O) groups excluding carboxylic acids is 4. The third-order valence-electron chi connectivity index (χ3n) is 9.30. The fourth-order valence-corrected chi connectivity index (χ4v) is 7.89. The number of benzene rings is 5. The SMILES string of the molecule is O=C(Nc1ccc(C(=O)N2CCc3sc(CCCN4C(=O)c5ccccc5C4=O)nc3-c3ccccc32)cc1)c1ccccc1-c1ccccc1. The molecule has 2 aliphatic heterocycles. The van der Waals surface area contributed by atoms with Gasteiger partial charge in [0.25, 0.3) is 23.6 Å². The molecule has 0 bridgehead atoms. The Morgan fingerprint density at radius 3 is 2.06 bits per heavy atom. The average Bonchev–Trinajstić information content (AvgIpc) is 3.64. The summed E-state index contributed by atoms with van der Waals surface area (Å²) in [5.41, 5.74) is 6.96. The third-order valence-corrected chi connectivity index (χ3v) is 10.5. The van der Waals surface area contributed by atoms with Crippen molar-refractivity contribution in [2.45, 2.75) is 19.3 Å². The number of fused-ring (bicyclic) bond motifs is 4. The van der Waals surface area contributed by atoms with E-state index in [4.69, 9.17) is 4.98 Å².